The molecule has 2 aromatic rings. The van der Waals surface area contributed by atoms with Gasteiger partial charge >= 0.3 is 0 Å². The van der Waals surface area contributed by atoms with Crippen molar-refractivity contribution < 1.29 is 5.11 Å². The average Bonchev–Trinajstić information content (AvgIpc) is 2.59. The molecule has 0 bridgehead atoms. The Morgan fingerprint density at radius 2 is 2.20 bits per heavy atom. The van der Waals surface area contributed by atoms with Crippen LogP contribution in [0.15, 0.2) is 30.5 Å². The summed E-state index contributed by atoms with van der Waals surface area (Å²) in [5.41, 5.74) is 1.13. The Morgan fingerprint density at radius 1 is 1.40 bits per heavy atom. The quantitative estimate of drug-likeness (QED) is 0.850. The van der Waals surface area contributed by atoms with Crippen LogP contribution >= 0.6 is 11.6 Å². The largest absolute Gasteiger partial charge is 0.393 e. The number of halogens is 1. The van der Waals surface area contributed by atoms with Gasteiger partial charge in [0.15, 0.2) is 0 Å². The summed E-state index contributed by atoms with van der Waals surface area (Å²) in [6.45, 7) is 2.63. The molecule has 2 rings (SSSR count). The van der Waals surface area contributed by atoms with Gasteiger partial charge in [-0.25, -0.2) is 0 Å². The molecule has 2 nitrogen and oxygen atoms in total. The van der Waals surface area contributed by atoms with Crippen LogP contribution in [0.4, 0.5) is 0 Å². The third kappa shape index (κ3) is 2.16. The highest BCUT2D eigenvalue weighted by Crippen LogP contribution is 2.24. The number of benzene rings is 1. The summed E-state index contributed by atoms with van der Waals surface area (Å²) in [7, 11) is 0. The lowest BCUT2D eigenvalue weighted by Crippen LogP contribution is -2.05. The molecule has 0 saturated heterocycles. The van der Waals surface area contributed by atoms with Crippen LogP contribution in [0.25, 0.3) is 10.9 Å². The first-order valence-electron chi connectivity index (χ1n) is 5.10. The summed E-state index contributed by atoms with van der Waals surface area (Å²) in [5.74, 6) is 0. The summed E-state index contributed by atoms with van der Waals surface area (Å²) in [6, 6.07) is 7.90. The molecule has 1 heterocycles. The third-order valence-electron chi connectivity index (χ3n) is 2.55. The molecule has 1 atom stereocenters. The van der Waals surface area contributed by atoms with Gasteiger partial charge in [0.25, 0.3) is 0 Å². The van der Waals surface area contributed by atoms with Gasteiger partial charge in [-0.05, 0) is 31.5 Å². The minimum absolute atomic E-state index is 0.262. The van der Waals surface area contributed by atoms with Crippen LogP contribution in [-0.2, 0) is 6.54 Å². The fourth-order valence-corrected chi connectivity index (χ4v) is 1.94. The Labute approximate surface area is 94.1 Å². The number of aliphatic hydroxyl groups excluding tert-OH is 1. The minimum atomic E-state index is -0.262. The van der Waals surface area contributed by atoms with E-state index in [9.17, 15) is 5.11 Å². The molecule has 1 unspecified atom stereocenters. The molecular formula is C12H14ClNO. The van der Waals surface area contributed by atoms with Crippen LogP contribution in [-0.4, -0.2) is 15.8 Å². The van der Waals surface area contributed by atoms with E-state index in [2.05, 4.69) is 4.57 Å². The second-order valence-electron chi connectivity index (χ2n) is 3.82. The van der Waals surface area contributed by atoms with Crippen molar-refractivity contribution in [1.29, 1.82) is 0 Å². The smallest absolute Gasteiger partial charge is 0.0529 e. The molecule has 0 aliphatic carbocycles. The van der Waals surface area contributed by atoms with Gasteiger partial charge in [0.05, 0.1) is 6.10 Å². The van der Waals surface area contributed by atoms with Gasteiger partial charge in [-0.3, -0.25) is 0 Å². The molecule has 1 aromatic carbocycles. The van der Waals surface area contributed by atoms with E-state index in [0.29, 0.717) is 0 Å². The first-order valence-corrected chi connectivity index (χ1v) is 5.47. The van der Waals surface area contributed by atoms with Gasteiger partial charge in [-0.15, -0.1) is 0 Å². The molecule has 0 spiro atoms. The predicted octanol–water partition coefficient (Wildman–Crippen LogP) is 3.07. The van der Waals surface area contributed by atoms with Gasteiger partial charge in [0, 0.05) is 28.7 Å². The highest BCUT2D eigenvalue weighted by atomic mass is 35.5. The zero-order chi connectivity index (χ0) is 10.8. The normalized spacial score (nSPS) is 13.3. The van der Waals surface area contributed by atoms with Crippen LogP contribution < -0.4 is 0 Å². The molecule has 0 amide bonds. The Bertz CT molecular complexity index is 462. The summed E-state index contributed by atoms with van der Waals surface area (Å²) in [6.07, 6.45) is 2.51. The number of hydrogen-bond donors (Lipinski definition) is 1. The monoisotopic (exact) mass is 223 g/mol. The van der Waals surface area contributed by atoms with Gasteiger partial charge in [-0.2, -0.15) is 0 Å². The van der Waals surface area contributed by atoms with Crippen molar-refractivity contribution in [3.63, 3.8) is 0 Å². The van der Waals surface area contributed by atoms with E-state index in [1.807, 2.05) is 30.5 Å². The van der Waals surface area contributed by atoms with E-state index >= 15 is 0 Å². The van der Waals surface area contributed by atoms with E-state index in [1.165, 1.54) is 0 Å². The summed E-state index contributed by atoms with van der Waals surface area (Å²) in [4.78, 5) is 0. The lowest BCUT2D eigenvalue weighted by atomic mass is 10.2. The Balaban J connectivity index is 2.33. The molecule has 1 aromatic heterocycles. The highest BCUT2D eigenvalue weighted by molar-refractivity contribution is 6.35. The summed E-state index contributed by atoms with van der Waals surface area (Å²) >= 11 is 6.07. The van der Waals surface area contributed by atoms with Crippen LogP contribution in [0.1, 0.15) is 13.3 Å². The van der Waals surface area contributed by atoms with Gasteiger partial charge < -0.3 is 9.67 Å². The maximum Gasteiger partial charge on any atom is 0.0529 e. The van der Waals surface area contributed by atoms with Crippen molar-refractivity contribution in [2.75, 3.05) is 0 Å². The van der Waals surface area contributed by atoms with Gasteiger partial charge in [-0.1, -0.05) is 17.7 Å². The molecule has 0 radical (unpaired) electrons. The first-order chi connectivity index (χ1) is 7.18. The fraction of sp³-hybridized carbons (Fsp3) is 0.333. The fourth-order valence-electron chi connectivity index (χ4n) is 1.71. The average molecular weight is 224 g/mol. The number of rotatable bonds is 3. The standard InChI is InChI=1S/C12H14ClNO/c1-9(15)5-7-14-8-6-10-11(13)3-2-4-12(10)14/h2-4,6,8-9,15H,5,7H2,1H3. The zero-order valence-electron chi connectivity index (χ0n) is 8.65. The number of nitrogens with zero attached hydrogens (tertiary/aromatic N) is 1. The molecule has 0 aliphatic rings. The number of hydrogen-bond acceptors (Lipinski definition) is 1. The minimum Gasteiger partial charge on any atom is -0.393 e. The maximum absolute atomic E-state index is 9.24. The third-order valence-corrected chi connectivity index (χ3v) is 2.88. The molecule has 15 heavy (non-hydrogen) atoms. The molecule has 80 valence electrons. The molecule has 0 fully saturated rings. The molecule has 3 heteroatoms. The van der Waals surface area contributed by atoms with E-state index < -0.39 is 0 Å². The topological polar surface area (TPSA) is 25.2 Å². The molecule has 0 aliphatic heterocycles. The number of fused-ring (bicyclic) bond motifs is 1. The zero-order valence-corrected chi connectivity index (χ0v) is 9.41. The van der Waals surface area contributed by atoms with Crippen LogP contribution in [0.5, 0.6) is 0 Å². The summed E-state index contributed by atoms with van der Waals surface area (Å²) in [5, 5.41) is 11.1. The van der Waals surface area contributed by atoms with Crippen molar-refractivity contribution in [3.05, 3.63) is 35.5 Å². The Morgan fingerprint density at radius 3 is 2.93 bits per heavy atom. The van der Waals surface area contributed by atoms with Crippen molar-refractivity contribution in [3.8, 4) is 0 Å². The number of aryl methyl sites for hydroxylation is 1. The lowest BCUT2D eigenvalue weighted by Gasteiger charge is -2.07. The highest BCUT2D eigenvalue weighted by Gasteiger charge is 2.04. The second kappa shape index (κ2) is 4.25. The van der Waals surface area contributed by atoms with Crippen molar-refractivity contribution in [2.24, 2.45) is 0 Å². The molecule has 1 N–H and O–H groups in total. The number of aliphatic hydroxyl groups is 1. The van der Waals surface area contributed by atoms with E-state index in [0.717, 1.165) is 28.9 Å². The molecular weight excluding hydrogens is 210 g/mol. The van der Waals surface area contributed by atoms with Crippen molar-refractivity contribution in [2.45, 2.75) is 26.0 Å². The van der Waals surface area contributed by atoms with Gasteiger partial charge in [0.1, 0.15) is 0 Å². The Kier molecular flexibility index (Phi) is 2.98. The maximum atomic E-state index is 9.24. The van der Waals surface area contributed by atoms with E-state index in [-0.39, 0.29) is 6.10 Å². The molecule has 0 saturated carbocycles. The van der Waals surface area contributed by atoms with Crippen LogP contribution in [0.2, 0.25) is 5.02 Å². The van der Waals surface area contributed by atoms with Gasteiger partial charge in [0.2, 0.25) is 0 Å². The summed E-state index contributed by atoms with van der Waals surface area (Å²) < 4.78 is 2.12. The Hall–Kier alpha value is -0.990. The number of aromatic nitrogens is 1. The van der Waals surface area contributed by atoms with Crippen LogP contribution in [0.3, 0.4) is 0 Å². The van der Waals surface area contributed by atoms with Crippen LogP contribution in [0, 0.1) is 0 Å². The SMILES string of the molecule is CC(O)CCn1ccc2c(Cl)cccc21. The predicted molar refractivity (Wildman–Crippen MR) is 63.2 cm³/mol. The lowest BCUT2D eigenvalue weighted by molar-refractivity contribution is 0.178. The van der Waals surface area contributed by atoms with E-state index in [1.54, 1.807) is 6.92 Å². The van der Waals surface area contributed by atoms with Crippen molar-refractivity contribution >= 4 is 22.5 Å². The van der Waals surface area contributed by atoms with E-state index in [4.69, 9.17) is 11.6 Å². The second-order valence-corrected chi connectivity index (χ2v) is 4.23. The van der Waals surface area contributed by atoms with Crippen molar-refractivity contribution in [1.82, 2.24) is 4.57 Å². The first kappa shape index (κ1) is 10.5.